The topological polar surface area (TPSA) is 81.9 Å². The molecule has 0 aliphatic heterocycles. The largest absolute Gasteiger partial charge is 0.448 e. The lowest BCUT2D eigenvalue weighted by Crippen LogP contribution is -2.30. The first-order valence-electron chi connectivity index (χ1n) is 4.40. The van der Waals surface area contributed by atoms with E-state index < -0.39 is 0 Å². The van der Waals surface area contributed by atoms with Crippen LogP contribution in [0.4, 0.5) is 0 Å². The van der Waals surface area contributed by atoms with Gasteiger partial charge in [-0.15, -0.1) is 5.10 Å². The summed E-state index contributed by atoms with van der Waals surface area (Å²) in [6.45, 7) is 0. The lowest BCUT2D eigenvalue weighted by molar-refractivity contribution is 0.438. The number of aromatic nitrogens is 3. The number of nitrogens with zero attached hydrogens (tertiary/aromatic N) is 3. The summed E-state index contributed by atoms with van der Waals surface area (Å²) in [7, 11) is 1.77. The van der Waals surface area contributed by atoms with Gasteiger partial charge < -0.3 is 4.42 Å². The Hall–Kier alpha value is -0.890. The number of hydrogen-bond donors (Lipinski definition) is 2. The number of aryl methyl sites for hydroxylation is 1. The predicted molar refractivity (Wildman–Crippen MR) is 61.6 cm³/mol. The molecule has 0 amide bonds. The minimum Gasteiger partial charge on any atom is -0.448 e. The summed E-state index contributed by atoms with van der Waals surface area (Å²) in [4.78, 5) is 0. The molecule has 2 rings (SSSR count). The highest BCUT2D eigenvalue weighted by Crippen LogP contribution is 2.28. The van der Waals surface area contributed by atoms with Crippen molar-refractivity contribution in [1.29, 1.82) is 0 Å². The van der Waals surface area contributed by atoms with Gasteiger partial charge in [-0.2, -0.15) is 0 Å². The van der Waals surface area contributed by atoms with E-state index in [-0.39, 0.29) is 6.04 Å². The van der Waals surface area contributed by atoms with Gasteiger partial charge in [0.2, 0.25) is 0 Å². The maximum absolute atomic E-state index is 5.72. The van der Waals surface area contributed by atoms with E-state index in [2.05, 4.69) is 31.7 Å². The van der Waals surface area contributed by atoms with E-state index in [1.807, 2.05) is 0 Å². The van der Waals surface area contributed by atoms with Crippen LogP contribution >= 0.6 is 27.5 Å². The Morgan fingerprint density at radius 1 is 1.62 bits per heavy atom. The molecular weight excluding hydrogens is 297 g/mol. The van der Waals surface area contributed by atoms with Crippen LogP contribution in [0.1, 0.15) is 17.5 Å². The van der Waals surface area contributed by atoms with Crippen LogP contribution in [0.15, 0.2) is 21.2 Å². The Morgan fingerprint density at radius 2 is 2.38 bits per heavy atom. The second kappa shape index (κ2) is 4.54. The minimum absolute atomic E-state index is 0.307. The van der Waals surface area contributed by atoms with Crippen molar-refractivity contribution >= 4 is 27.5 Å². The monoisotopic (exact) mass is 305 g/mol. The highest BCUT2D eigenvalue weighted by atomic mass is 79.9. The second-order valence-corrected chi connectivity index (χ2v) is 4.25. The quantitative estimate of drug-likeness (QED) is 0.661. The first kappa shape index (κ1) is 11.6. The summed E-state index contributed by atoms with van der Waals surface area (Å²) in [5.41, 5.74) is 3.39. The Morgan fingerprint density at radius 3 is 2.81 bits per heavy atom. The van der Waals surface area contributed by atoms with Crippen molar-refractivity contribution in [2.45, 2.75) is 6.04 Å². The van der Waals surface area contributed by atoms with Gasteiger partial charge in [0, 0.05) is 7.05 Å². The van der Waals surface area contributed by atoms with Gasteiger partial charge in [0.25, 0.3) is 0 Å². The average molecular weight is 307 g/mol. The van der Waals surface area contributed by atoms with E-state index in [1.165, 1.54) is 0 Å². The minimum atomic E-state index is -0.359. The van der Waals surface area contributed by atoms with Crippen LogP contribution in [0.5, 0.6) is 0 Å². The fourth-order valence-electron chi connectivity index (χ4n) is 1.42. The molecule has 0 aliphatic carbocycles. The maximum atomic E-state index is 5.72. The third-order valence-corrected chi connectivity index (χ3v) is 2.91. The third kappa shape index (κ3) is 1.99. The Bertz CT molecular complexity index is 477. The number of hydrazine groups is 1. The van der Waals surface area contributed by atoms with Crippen molar-refractivity contribution in [3.05, 3.63) is 33.4 Å². The molecule has 0 spiro atoms. The van der Waals surface area contributed by atoms with Gasteiger partial charge in [0.15, 0.2) is 9.82 Å². The van der Waals surface area contributed by atoms with Gasteiger partial charge in [0.1, 0.15) is 11.8 Å². The van der Waals surface area contributed by atoms with Crippen molar-refractivity contribution < 1.29 is 4.42 Å². The summed E-state index contributed by atoms with van der Waals surface area (Å²) < 4.78 is 7.51. The molecule has 2 aromatic rings. The molecule has 2 heterocycles. The van der Waals surface area contributed by atoms with Crippen LogP contribution < -0.4 is 11.3 Å². The molecular formula is C8H9BrClN5O. The van der Waals surface area contributed by atoms with Crippen LogP contribution in [0.3, 0.4) is 0 Å². The highest BCUT2D eigenvalue weighted by molar-refractivity contribution is 9.10. The number of nitrogens with two attached hydrogens (primary N) is 1. The van der Waals surface area contributed by atoms with Crippen LogP contribution in [0.2, 0.25) is 5.22 Å². The fourth-order valence-corrected chi connectivity index (χ4v) is 2.13. The summed E-state index contributed by atoms with van der Waals surface area (Å²) in [6, 6.07) is 3.03. The van der Waals surface area contributed by atoms with Crippen LogP contribution in [-0.2, 0) is 7.05 Å². The highest BCUT2D eigenvalue weighted by Gasteiger charge is 2.23. The van der Waals surface area contributed by atoms with Gasteiger partial charge in [-0.3, -0.25) is 5.84 Å². The molecule has 8 heteroatoms. The SMILES string of the molecule is Cn1nnc(Br)c1C(NN)c1ccc(Cl)o1. The van der Waals surface area contributed by atoms with Crippen LogP contribution in [0.25, 0.3) is 0 Å². The first-order chi connectivity index (χ1) is 7.63. The van der Waals surface area contributed by atoms with Crippen molar-refractivity contribution in [3.63, 3.8) is 0 Å². The van der Waals surface area contributed by atoms with E-state index in [0.29, 0.717) is 15.6 Å². The number of furan rings is 1. The Kier molecular flexibility index (Phi) is 3.29. The van der Waals surface area contributed by atoms with Gasteiger partial charge >= 0.3 is 0 Å². The molecule has 1 unspecified atom stereocenters. The number of hydrogen-bond acceptors (Lipinski definition) is 5. The molecule has 6 nitrogen and oxygen atoms in total. The third-order valence-electron chi connectivity index (χ3n) is 2.15. The summed E-state index contributed by atoms with van der Waals surface area (Å²) >= 11 is 9.02. The van der Waals surface area contributed by atoms with Crippen LogP contribution in [0, 0.1) is 0 Å². The van der Waals surface area contributed by atoms with Gasteiger partial charge in [-0.25, -0.2) is 10.1 Å². The molecule has 2 aromatic heterocycles. The summed E-state index contributed by atoms with van der Waals surface area (Å²) in [5.74, 6) is 6.10. The van der Waals surface area contributed by atoms with E-state index in [9.17, 15) is 0 Å². The summed E-state index contributed by atoms with van der Waals surface area (Å²) in [6.07, 6.45) is 0. The molecule has 0 saturated heterocycles. The number of halogens is 2. The normalized spacial score (nSPS) is 13.0. The molecule has 0 fully saturated rings. The van der Waals surface area contributed by atoms with E-state index in [1.54, 1.807) is 23.9 Å². The van der Waals surface area contributed by atoms with Gasteiger partial charge in [-0.1, -0.05) is 5.21 Å². The molecule has 16 heavy (non-hydrogen) atoms. The predicted octanol–water partition coefficient (Wildman–Crippen LogP) is 1.38. The molecule has 1 atom stereocenters. The van der Waals surface area contributed by atoms with Crippen molar-refractivity contribution in [1.82, 2.24) is 20.4 Å². The number of rotatable bonds is 3. The zero-order chi connectivity index (χ0) is 11.7. The van der Waals surface area contributed by atoms with Gasteiger partial charge in [0.05, 0.1) is 5.69 Å². The molecule has 86 valence electrons. The second-order valence-electron chi connectivity index (χ2n) is 3.13. The van der Waals surface area contributed by atoms with Crippen LogP contribution in [-0.4, -0.2) is 15.0 Å². The summed E-state index contributed by atoms with van der Waals surface area (Å²) in [5, 5.41) is 8.05. The average Bonchev–Trinajstić information content (AvgIpc) is 2.80. The lowest BCUT2D eigenvalue weighted by Gasteiger charge is -2.13. The first-order valence-corrected chi connectivity index (χ1v) is 5.57. The Labute approximate surface area is 105 Å². The molecule has 0 bridgehead atoms. The molecule has 0 aliphatic rings. The van der Waals surface area contributed by atoms with E-state index in [4.69, 9.17) is 21.9 Å². The van der Waals surface area contributed by atoms with E-state index >= 15 is 0 Å². The van der Waals surface area contributed by atoms with Gasteiger partial charge in [-0.05, 0) is 39.7 Å². The van der Waals surface area contributed by atoms with Crippen molar-refractivity contribution in [3.8, 4) is 0 Å². The smallest absolute Gasteiger partial charge is 0.193 e. The molecule has 0 aromatic carbocycles. The Balaban J connectivity index is 2.44. The molecule has 3 N–H and O–H groups in total. The van der Waals surface area contributed by atoms with Crippen molar-refractivity contribution in [2.75, 3.05) is 0 Å². The zero-order valence-corrected chi connectivity index (χ0v) is 10.7. The lowest BCUT2D eigenvalue weighted by atomic mass is 10.2. The number of nitrogens with one attached hydrogen (secondary N) is 1. The van der Waals surface area contributed by atoms with E-state index in [0.717, 1.165) is 5.69 Å². The molecule has 0 radical (unpaired) electrons. The van der Waals surface area contributed by atoms with Crippen molar-refractivity contribution in [2.24, 2.45) is 12.9 Å². The molecule has 0 saturated carbocycles. The zero-order valence-electron chi connectivity index (χ0n) is 8.32. The standard InChI is InChI=1S/C8H9BrClN5O/c1-15-7(8(9)13-14-15)6(12-11)4-2-3-5(10)16-4/h2-3,6,12H,11H2,1H3. The maximum Gasteiger partial charge on any atom is 0.193 e. The fraction of sp³-hybridized carbons (Fsp3) is 0.250.